The predicted molar refractivity (Wildman–Crippen MR) is 65.2 cm³/mol. The Bertz CT molecular complexity index is 513. The van der Waals surface area contributed by atoms with Crippen molar-refractivity contribution >= 4 is 11.0 Å². The van der Waals surface area contributed by atoms with Crippen LogP contribution in [0.25, 0.3) is 11.0 Å². The maximum absolute atomic E-state index is 5.75. The highest BCUT2D eigenvalue weighted by Gasteiger charge is 2.13. The van der Waals surface area contributed by atoms with Gasteiger partial charge in [0.25, 0.3) is 0 Å². The fraction of sp³-hybridized carbons (Fsp3) is 0.500. The molecular weight excluding hydrogens is 200 g/mol. The Morgan fingerprint density at radius 3 is 2.56 bits per heavy atom. The van der Waals surface area contributed by atoms with Crippen molar-refractivity contribution < 1.29 is 0 Å². The minimum atomic E-state index is 0.541. The third kappa shape index (κ3) is 1.59. The molecule has 0 bridgehead atoms. The van der Waals surface area contributed by atoms with Gasteiger partial charge in [0.2, 0.25) is 0 Å². The van der Waals surface area contributed by atoms with Crippen molar-refractivity contribution in [1.29, 1.82) is 0 Å². The first-order valence-corrected chi connectivity index (χ1v) is 5.75. The lowest BCUT2D eigenvalue weighted by Gasteiger charge is -2.04. The van der Waals surface area contributed by atoms with Crippen LogP contribution < -0.4 is 5.73 Å². The molecule has 2 N–H and O–H groups in total. The van der Waals surface area contributed by atoms with E-state index in [1.807, 2.05) is 11.6 Å². The fourth-order valence-corrected chi connectivity index (χ4v) is 2.06. The van der Waals surface area contributed by atoms with E-state index in [0.717, 1.165) is 41.0 Å². The van der Waals surface area contributed by atoms with E-state index in [-0.39, 0.29) is 0 Å². The van der Waals surface area contributed by atoms with Crippen molar-refractivity contribution in [2.45, 2.75) is 33.2 Å². The number of nitrogens with two attached hydrogens (primary N) is 1. The van der Waals surface area contributed by atoms with Crippen molar-refractivity contribution in [3.05, 3.63) is 23.3 Å². The summed E-state index contributed by atoms with van der Waals surface area (Å²) in [6.07, 6.45) is 3.84. The van der Waals surface area contributed by atoms with Gasteiger partial charge < -0.3 is 10.3 Å². The van der Waals surface area contributed by atoms with Gasteiger partial charge >= 0.3 is 0 Å². The molecule has 0 unspecified atom stereocenters. The van der Waals surface area contributed by atoms with Crippen molar-refractivity contribution in [2.24, 2.45) is 12.8 Å². The molecule has 2 rings (SSSR count). The minimum absolute atomic E-state index is 0.541. The Kier molecular flexibility index (Phi) is 2.92. The van der Waals surface area contributed by atoms with E-state index in [9.17, 15) is 0 Å². The van der Waals surface area contributed by atoms with E-state index in [1.54, 1.807) is 0 Å². The van der Waals surface area contributed by atoms with Crippen LogP contribution >= 0.6 is 0 Å². The van der Waals surface area contributed by atoms with Crippen molar-refractivity contribution in [3.8, 4) is 0 Å². The van der Waals surface area contributed by atoms with E-state index in [1.165, 1.54) is 0 Å². The maximum atomic E-state index is 5.75. The Labute approximate surface area is 95.5 Å². The SMILES string of the molecule is CCc1nc(CC)c2c(CN)cn(C)c2n1. The molecule has 0 saturated heterocycles. The van der Waals surface area contributed by atoms with E-state index in [0.29, 0.717) is 6.54 Å². The normalized spacial score (nSPS) is 11.2. The third-order valence-corrected chi connectivity index (χ3v) is 2.89. The summed E-state index contributed by atoms with van der Waals surface area (Å²) in [6.45, 7) is 4.74. The van der Waals surface area contributed by atoms with Crippen molar-refractivity contribution in [3.63, 3.8) is 0 Å². The maximum Gasteiger partial charge on any atom is 0.143 e. The van der Waals surface area contributed by atoms with Crippen LogP contribution in [0.3, 0.4) is 0 Å². The van der Waals surface area contributed by atoms with Gasteiger partial charge in [0.15, 0.2) is 0 Å². The van der Waals surface area contributed by atoms with Gasteiger partial charge in [-0.25, -0.2) is 9.97 Å². The molecule has 86 valence electrons. The summed E-state index contributed by atoms with van der Waals surface area (Å²) in [5.41, 5.74) is 9.01. The zero-order valence-corrected chi connectivity index (χ0v) is 10.1. The molecule has 2 heterocycles. The first kappa shape index (κ1) is 11.1. The number of aryl methyl sites for hydroxylation is 3. The topological polar surface area (TPSA) is 56.7 Å². The van der Waals surface area contributed by atoms with Crippen LogP contribution in [0, 0.1) is 0 Å². The molecule has 4 nitrogen and oxygen atoms in total. The Morgan fingerprint density at radius 1 is 1.25 bits per heavy atom. The van der Waals surface area contributed by atoms with E-state index < -0.39 is 0 Å². The molecule has 0 spiro atoms. The Hall–Kier alpha value is -1.42. The van der Waals surface area contributed by atoms with Gasteiger partial charge in [0, 0.05) is 31.6 Å². The summed E-state index contributed by atoms with van der Waals surface area (Å²) in [5.74, 6) is 0.911. The van der Waals surface area contributed by atoms with Crippen LogP contribution in [-0.2, 0) is 26.4 Å². The highest BCUT2D eigenvalue weighted by atomic mass is 15.0. The van der Waals surface area contributed by atoms with Crippen LogP contribution in [0.2, 0.25) is 0 Å². The highest BCUT2D eigenvalue weighted by molar-refractivity contribution is 5.83. The predicted octanol–water partition coefficient (Wildman–Crippen LogP) is 1.55. The monoisotopic (exact) mass is 218 g/mol. The molecule has 0 saturated carbocycles. The first-order chi connectivity index (χ1) is 7.71. The van der Waals surface area contributed by atoms with Crippen molar-refractivity contribution in [2.75, 3.05) is 0 Å². The average molecular weight is 218 g/mol. The zero-order chi connectivity index (χ0) is 11.7. The van der Waals surface area contributed by atoms with E-state index in [2.05, 4.69) is 30.0 Å². The quantitative estimate of drug-likeness (QED) is 0.850. The second-order valence-corrected chi connectivity index (χ2v) is 3.96. The summed E-state index contributed by atoms with van der Waals surface area (Å²) in [7, 11) is 2.01. The van der Waals surface area contributed by atoms with Gasteiger partial charge in [-0.05, 0) is 12.0 Å². The molecule has 0 aromatic carbocycles. The lowest BCUT2D eigenvalue weighted by atomic mass is 10.1. The summed E-state index contributed by atoms with van der Waals surface area (Å²) in [6, 6.07) is 0. The molecule has 2 aromatic rings. The summed E-state index contributed by atoms with van der Waals surface area (Å²) in [4.78, 5) is 9.15. The van der Waals surface area contributed by atoms with Crippen LogP contribution in [0.15, 0.2) is 6.20 Å². The lowest BCUT2D eigenvalue weighted by molar-refractivity contribution is 0.878. The molecule has 0 atom stereocenters. The van der Waals surface area contributed by atoms with Gasteiger partial charge in [-0.3, -0.25) is 0 Å². The number of fused-ring (bicyclic) bond motifs is 1. The molecule has 16 heavy (non-hydrogen) atoms. The molecule has 4 heteroatoms. The zero-order valence-electron chi connectivity index (χ0n) is 10.1. The smallest absolute Gasteiger partial charge is 0.143 e. The van der Waals surface area contributed by atoms with Crippen molar-refractivity contribution in [1.82, 2.24) is 14.5 Å². The first-order valence-electron chi connectivity index (χ1n) is 5.75. The number of hydrogen-bond acceptors (Lipinski definition) is 3. The molecule has 0 aliphatic rings. The van der Waals surface area contributed by atoms with Crippen LogP contribution in [0.5, 0.6) is 0 Å². The average Bonchev–Trinajstić information content (AvgIpc) is 2.65. The molecule has 2 aromatic heterocycles. The van der Waals surface area contributed by atoms with Crippen LogP contribution in [0.1, 0.15) is 30.9 Å². The highest BCUT2D eigenvalue weighted by Crippen LogP contribution is 2.22. The van der Waals surface area contributed by atoms with Gasteiger partial charge in [-0.2, -0.15) is 0 Å². The minimum Gasteiger partial charge on any atom is -0.335 e. The molecule has 0 amide bonds. The third-order valence-electron chi connectivity index (χ3n) is 2.89. The summed E-state index contributed by atoms with van der Waals surface area (Å²) < 4.78 is 2.04. The molecule has 0 radical (unpaired) electrons. The Balaban J connectivity index is 2.80. The molecule has 0 fully saturated rings. The summed E-state index contributed by atoms with van der Waals surface area (Å²) >= 11 is 0. The fourth-order valence-electron chi connectivity index (χ4n) is 2.06. The second kappa shape index (κ2) is 4.22. The number of aromatic nitrogens is 3. The summed E-state index contributed by atoms with van der Waals surface area (Å²) in [5, 5.41) is 1.14. The number of nitrogens with zero attached hydrogens (tertiary/aromatic N) is 3. The van der Waals surface area contributed by atoms with E-state index in [4.69, 9.17) is 5.73 Å². The van der Waals surface area contributed by atoms with Gasteiger partial charge in [0.05, 0.1) is 5.69 Å². The van der Waals surface area contributed by atoms with Crippen LogP contribution in [0.4, 0.5) is 0 Å². The van der Waals surface area contributed by atoms with Crippen LogP contribution in [-0.4, -0.2) is 14.5 Å². The van der Waals surface area contributed by atoms with Gasteiger partial charge in [0.1, 0.15) is 11.5 Å². The standard InChI is InChI=1S/C12H18N4/c1-4-9-11-8(6-13)7-16(3)12(11)15-10(5-2)14-9/h7H,4-6,13H2,1-3H3. The van der Waals surface area contributed by atoms with E-state index >= 15 is 0 Å². The molecular formula is C12H18N4. The number of rotatable bonds is 3. The van der Waals surface area contributed by atoms with Gasteiger partial charge in [-0.15, -0.1) is 0 Å². The second-order valence-electron chi connectivity index (χ2n) is 3.96. The van der Waals surface area contributed by atoms with Gasteiger partial charge in [-0.1, -0.05) is 13.8 Å². The number of hydrogen-bond donors (Lipinski definition) is 1. The largest absolute Gasteiger partial charge is 0.335 e. The Morgan fingerprint density at radius 2 is 2.00 bits per heavy atom. The molecule has 0 aliphatic heterocycles. The lowest BCUT2D eigenvalue weighted by Crippen LogP contribution is -2.02. The molecule has 0 aliphatic carbocycles.